The van der Waals surface area contributed by atoms with Crippen molar-refractivity contribution >= 4 is 5.69 Å². The molecule has 1 N–H and O–H groups in total. The number of rotatable bonds is 2. The Hall–Kier alpha value is -2.69. The summed E-state index contributed by atoms with van der Waals surface area (Å²) in [5, 5.41) is 23.1. The first-order valence-corrected chi connectivity index (χ1v) is 9.16. The predicted molar refractivity (Wildman–Crippen MR) is 99.7 cm³/mol. The Kier molecular flexibility index (Phi) is 4.46. The van der Waals surface area contributed by atoms with Crippen LogP contribution in [0.2, 0.25) is 0 Å². The van der Waals surface area contributed by atoms with E-state index in [0.29, 0.717) is 31.8 Å². The summed E-state index contributed by atoms with van der Waals surface area (Å²) in [6, 6.07) is 10.1. The number of hydrogen-bond donors (Lipinski definition) is 1. The van der Waals surface area contributed by atoms with Crippen LogP contribution in [-0.2, 0) is 22.5 Å². The van der Waals surface area contributed by atoms with Gasteiger partial charge in [-0.1, -0.05) is 12.1 Å². The number of benzene rings is 1. The highest BCUT2D eigenvalue weighted by Crippen LogP contribution is 2.29. The van der Waals surface area contributed by atoms with Crippen LogP contribution in [-0.4, -0.2) is 41.7 Å². The van der Waals surface area contributed by atoms with Gasteiger partial charge in [0.1, 0.15) is 11.6 Å². The van der Waals surface area contributed by atoms with Gasteiger partial charge >= 0.3 is 0 Å². The fourth-order valence-electron chi connectivity index (χ4n) is 3.68. The largest absolute Gasteiger partial charge is 0.378 e. The summed E-state index contributed by atoms with van der Waals surface area (Å²) < 4.78 is 12.9. The summed E-state index contributed by atoms with van der Waals surface area (Å²) in [6.07, 6.45) is 0.579. The van der Waals surface area contributed by atoms with E-state index in [4.69, 9.17) is 20.0 Å². The monoisotopic (exact) mass is 365 g/mol. The van der Waals surface area contributed by atoms with E-state index in [1.807, 2.05) is 38.1 Å². The Morgan fingerprint density at radius 1 is 1.19 bits per heavy atom. The molecule has 0 amide bonds. The molecule has 0 atom stereocenters. The molecule has 2 aliphatic rings. The normalized spacial score (nSPS) is 18.6. The van der Waals surface area contributed by atoms with Crippen LogP contribution in [0.15, 0.2) is 24.3 Å². The van der Waals surface area contributed by atoms with Gasteiger partial charge in [0.25, 0.3) is 0 Å². The molecule has 1 aromatic carbocycles. The average Bonchev–Trinajstić information content (AvgIpc) is 2.68. The highest BCUT2D eigenvalue weighted by Gasteiger charge is 2.31. The minimum Gasteiger partial charge on any atom is -0.378 e. The first kappa shape index (κ1) is 17.7. The molecule has 0 saturated carbocycles. The standard InChI is InChI=1S/C20H23N5O2/c1-20(2)11-14-15(12-21)19(22)25(23-16(14)13-27-20)18-6-4-3-5-17(18)24-7-9-26-10-8-24/h3-6,22H,7-11,13H2,1-2H3. The fraction of sp³-hybridized carbons (Fsp3) is 0.450. The van der Waals surface area contributed by atoms with Crippen LogP contribution < -0.4 is 10.4 Å². The van der Waals surface area contributed by atoms with Gasteiger partial charge in [-0.2, -0.15) is 10.4 Å². The van der Waals surface area contributed by atoms with Gasteiger partial charge in [0.05, 0.1) is 42.5 Å². The van der Waals surface area contributed by atoms with Gasteiger partial charge in [-0.25, -0.2) is 4.68 Å². The second-order valence-electron chi connectivity index (χ2n) is 7.49. The molecular weight excluding hydrogens is 342 g/mol. The molecule has 2 aromatic rings. The summed E-state index contributed by atoms with van der Waals surface area (Å²) in [5.74, 6) is 0. The van der Waals surface area contributed by atoms with Crippen molar-refractivity contribution in [3.63, 3.8) is 0 Å². The number of para-hydroxylation sites is 2. The number of hydrogen-bond acceptors (Lipinski definition) is 6. The van der Waals surface area contributed by atoms with Gasteiger partial charge in [0.15, 0.2) is 5.49 Å². The lowest BCUT2D eigenvalue weighted by atomic mass is 9.92. The lowest BCUT2D eigenvalue weighted by molar-refractivity contribution is -0.0428. The molecule has 7 nitrogen and oxygen atoms in total. The molecule has 4 rings (SSSR count). The molecule has 0 aliphatic carbocycles. The van der Waals surface area contributed by atoms with Crippen LogP contribution >= 0.6 is 0 Å². The lowest BCUT2D eigenvalue weighted by Gasteiger charge is -2.33. The maximum atomic E-state index is 9.76. The van der Waals surface area contributed by atoms with Crippen LogP contribution in [0, 0.1) is 16.7 Å². The van der Waals surface area contributed by atoms with E-state index in [1.54, 1.807) is 4.68 Å². The zero-order valence-electron chi connectivity index (χ0n) is 15.7. The van der Waals surface area contributed by atoms with Gasteiger partial charge in [0.2, 0.25) is 0 Å². The van der Waals surface area contributed by atoms with E-state index in [1.165, 1.54) is 0 Å². The molecule has 1 saturated heterocycles. The van der Waals surface area contributed by atoms with E-state index < -0.39 is 0 Å². The molecule has 140 valence electrons. The molecule has 2 aliphatic heterocycles. The van der Waals surface area contributed by atoms with Crippen LogP contribution in [0.1, 0.15) is 30.7 Å². The van der Waals surface area contributed by atoms with Gasteiger partial charge in [-0.05, 0) is 26.0 Å². The molecular formula is C20H23N5O2. The Morgan fingerprint density at radius 2 is 1.89 bits per heavy atom. The molecule has 0 unspecified atom stereocenters. The molecule has 0 bridgehead atoms. The second-order valence-corrected chi connectivity index (χ2v) is 7.49. The fourth-order valence-corrected chi connectivity index (χ4v) is 3.68. The van der Waals surface area contributed by atoms with E-state index in [-0.39, 0.29) is 11.1 Å². The Labute approximate surface area is 158 Å². The summed E-state index contributed by atoms with van der Waals surface area (Å²) in [7, 11) is 0. The van der Waals surface area contributed by atoms with Gasteiger partial charge < -0.3 is 14.4 Å². The van der Waals surface area contributed by atoms with Crippen LogP contribution in [0.4, 0.5) is 5.69 Å². The number of nitrogens with zero attached hydrogens (tertiary/aromatic N) is 4. The third kappa shape index (κ3) is 3.22. The predicted octanol–water partition coefficient (Wildman–Crippen LogP) is 1.91. The minimum atomic E-state index is -0.357. The molecule has 27 heavy (non-hydrogen) atoms. The van der Waals surface area contributed by atoms with E-state index in [0.717, 1.165) is 35.7 Å². The maximum Gasteiger partial charge on any atom is 0.165 e. The lowest BCUT2D eigenvalue weighted by Crippen LogP contribution is -2.39. The minimum absolute atomic E-state index is 0.120. The molecule has 0 radical (unpaired) electrons. The topological polar surface area (TPSA) is 87.2 Å². The number of ether oxygens (including phenoxy) is 2. The first-order valence-electron chi connectivity index (χ1n) is 9.16. The highest BCUT2D eigenvalue weighted by atomic mass is 16.5. The average molecular weight is 365 g/mol. The van der Waals surface area contributed by atoms with E-state index in [9.17, 15) is 5.26 Å². The van der Waals surface area contributed by atoms with Crippen molar-refractivity contribution in [3.8, 4) is 11.8 Å². The molecule has 1 fully saturated rings. The third-order valence-corrected chi connectivity index (χ3v) is 5.10. The summed E-state index contributed by atoms with van der Waals surface area (Å²) in [5.41, 5.74) is 3.51. The number of nitrogens with one attached hydrogen (secondary N) is 1. The van der Waals surface area contributed by atoms with Gasteiger partial charge in [0, 0.05) is 25.1 Å². The van der Waals surface area contributed by atoms with Gasteiger partial charge in [-0.15, -0.1) is 0 Å². The quantitative estimate of drug-likeness (QED) is 0.878. The van der Waals surface area contributed by atoms with Gasteiger partial charge in [-0.3, -0.25) is 5.41 Å². The number of anilines is 1. The summed E-state index contributed by atoms with van der Waals surface area (Å²) in [4.78, 5) is 2.23. The second kappa shape index (κ2) is 6.80. The zero-order valence-corrected chi connectivity index (χ0v) is 15.7. The SMILES string of the molecule is CC1(C)Cc2c(nn(-c3ccccc3N3CCOCC3)c(=N)c2C#N)CO1. The Bertz CT molecular complexity index is 967. The highest BCUT2D eigenvalue weighted by molar-refractivity contribution is 5.63. The summed E-state index contributed by atoms with van der Waals surface area (Å²) >= 11 is 0. The maximum absolute atomic E-state index is 9.76. The van der Waals surface area contributed by atoms with Crippen molar-refractivity contribution < 1.29 is 9.47 Å². The molecule has 1 aromatic heterocycles. The number of morpholine rings is 1. The Morgan fingerprint density at radius 3 is 2.59 bits per heavy atom. The van der Waals surface area contributed by atoms with Crippen molar-refractivity contribution in [2.24, 2.45) is 0 Å². The summed E-state index contributed by atoms with van der Waals surface area (Å²) in [6.45, 7) is 7.27. The number of fused-ring (bicyclic) bond motifs is 1. The number of aromatic nitrogens is 2. The first-order chi connectivity index (χ1) is 13.0. The molecule has 0 spiro atoms. The van der Waals surface area contributed by atoms with Crippen molar-refractivity contribution in [3.05, 3.63) is 46.6 Å². The smallest absolute Gasteiger partial charge is 0.165 e. The van der Waals surface area contributed by atoms with E-state index in [2.05, 4.69) is 11.0 Å². The van der Waals surface area contributed by atoms with Crippen LogP contribution in [0.25, 0.3) is 5.69 Å². The van der Waals surface area contributed by atoms with Crippen LogP contribution in [0.3, 0.4) is 0 Å². The van der Waals surface area contributed by atoms with Crippen molar-refractivity contribution in [1.82, 2.24) is 9.78 Å². The van der Waals surface area contributed by atoms with Crippen molar-refractivity contribution in [2.75, 3.05) is 31.2 Å². The molecule has 7 heteroatoms. The third-order valence-electron chi connectivity index (χ3n) is 5.10. The van der Waals surface area contributed by atoms with Crippen molar-refractivity contribution in [1.29, 1.82) is 10.7 Å². The number of nitriles is 1. The van der Waals surface area contributed by atoms with E-state index >= 15 is 0 Å². The van der Waals surface area contributed by atoms with Crippen molar-refractivity contribution in [2.45, 2.75) is 32.5 Å². The zero-order chi connectivity index (χ0) is 19.0. The molecule has 3 heterocycles. The van der Waals surface area contributed by atoms with Crippen LogP contribution in [0.5, 0.6) is 0 Å². The Balaban J connectivity index is 1.87.